The van der Waals surface area contributed by atoms with Crippen molar-refractivity contribution in [1.82, 2.24) is 5.43 Å². The lowest BCUT2D eigenvalue weighted by molar-refractivity contribution is 0.242. The maximum absolute atomic E-state index is 8.55. The Kier molecular flexibility index (Phi) is 5.80. The van der Waals surface area contributed by atoms with Crippen molar-refractivity contribution in [1.29, 1.82) is 0 Å². The summed E-state index contributed by atoms with van der Waals surface area (Å²) in [6.45, 7) is 4.38. The van der Waals surface area contributed by atoms with Crippen molar-refractivity contribution in [2.75, 3.05) is 13.2 Å². The van der Waals surface area contributed by atoms with Crippen LogP contribution in [0.25, 0.3) is 0 Å². The van der Waals surface area contributed by atoms with Crippen LogP contribution in [0.4, 0.5) is 0 Å². The Bertz CT molecular complexity index is 381. The van der Waals surface area contributed by atoms with E-state index in [1.807, 2.05) is 26.0 Å². The van der Waals surface area contributed by atoms with Crippen LogP contribution in [0, 0.1) is 0 Å². The van der Waals surface area contributed by atoms with Crippen LogP contribution in [-0.2, 0) is 0 Å². The Morgan fingerprint density at radius 3 is 2.88 bits per heavy atom. The minimum Gasteiger partial charge on any atom is -0.489 e. The highest BCUT2D eigenvalue weighted by Crippen LogP contribution is 2.25. The van der Waals surface area contributed by atoms with Crippen molar-refractivity contribution >= 4 is 17.8 Å². The van der Waals surface area contributed by atoms with Gasteiger partial charge in [-0.1, -0.05) is 11.6 Å². The van der Waals surface area contributed by atoms with Gasteiger partial charge in [-0.3, -0.25) is 0 Å². The summed E-state index contributed by atoms with van der Waals surface area (Å²) >= 11 is 6.07. The first kappa shape index (κ1) is 13.8. The summed E-state index contributed by atoms with van der Waals surface area (Å²) in [6.07, 6.45) is 1.74. The molecule has 0 amide bonds. The lowest BCUT2D eigenvalue weighted by atomic mass is 10.2. The first-order chi connectivity index (χ1) is 8.13. The fourth-order valence-corrected chi connectivity index (χ4v) is 1.42. The van der Waals surface area contributed by atoms with E-state index in [2.05, 4.69) is 10.5 Å². The van der Waals surface area contributed by atoms with Gasteiger partial charge in [0.25, 0.3) is 0 Å². The third kappa shape index (κ3) is 5.06. The molecule has 0 aromatic heterocycles. The second kappa shape index (κ2) is 7.14. The topological polar surface area (TPSA) is 53.8 Å². The smallest absolute Gasteiger partial charge is 0.138 e. The van der Waals surface area contributed by atoms with Gasteiger partial charge in [0.15, 0.2) is 0 Å². The molecular weight excluding hydrogens is 240 g/mol. The number of aliphatic hydroxyl groups excluding tert-OH is 1. The Morgan fingerprint density at radius 1 is 1.53 bits per heavy atom. The average molecular weight is 257 g/mol. The zero-order valence-electron chi connectivity index (χ0n) is 9.98. The van der Waals surface area contributed by atoms with Gasteiger partial charge in [0.2, 0.25) is 0 Å². The average Bonchev–Trinajstić information content (AvgIpc) is 2.27. The summed E-state index contributed by atoms with van der Waals surface area (Å²) in [6, 6.07) is 5.47. The van der Waals surface area contributed by atoms with Crippen LogP contribution >= 0.6 is 11.6 Å². The highest BCUT2D eigenvalue weighted by atomic mass is 35.5. The van der Waals surface area contributed by atoms with Crippen LogP contribution in [0.3, 0.4) is 0 Å². The number of hydrogen-bond acceptors (Lipinski definition) is 4. The van der Waals surface area contributed by atoms with E-state index < -0.39 is 0 Å². The molecule has 0 aliphatic carbocycles. The Hall–Kier alpha value is -1.26. The Labute approximate surface area is 106 Å². The molecule has 0 unspecified atom stereocenters. The van der Waals surface area contributed by atoms with E-state index in [-0.39, 0.29) is 12.7 Å². The van der Waals surface area contributed by atoms with Gasteiger partial charge in [-0.2, -0.15) is 5.10 Å². The fourth-order valence-electron chi connectivity index (χ4n) is 1.18. The predicted octanol–water partition coefficient (Wildman–Crippen LogP) is 2.04. The number of aliphatic hydroxyl groups is 1. The Morgan fingerprint density at radius 2 is 2.29 bits per heavy atom. The summed E-state index contributed by atoms with van der Waals surface area (Å²) in [4.78, 5) is 0. The van der Waals surface area contributed by atoms with Gasteiger partial charge >= 0.3 is 0 Å². The van der Waals surface area contributed by atoms with Gasteiger partial charge in [0, 0.05) is 0 Å². The molecule has 0 saturated carbocycles. The van der Waals surface area contributed by atoms with Crippen LogP contribution in [0.5, 0.6) is 5.75 Å². The molecule has 0 bridgehead atoms. The summed E-state index contributed by atoms with van der Waals surface area (Å²) < 4.78 is 5.52. The van der Waals surface area contributed by atoms with Gasteiger partial charge in [-0.05, 0) is 37.6 Å². The van der Waals surface area contributed by atoms with Crippen molar-refractivity contribution in [2.24, 2.45) is 5.10 Å². The monoisotopic (exact) mass is 256 g/mol. The Balaban J connectivity index is 2.65. The second-order valence-electron chi connectivity index (χ2n) is 3.75. The zero-order chi connectivity index (χ0) is 12.7. The lowest BCUT2D eigenvalue weighted by Crippen LogP contribution is -2.11. The number of halogens is 1. The standard InChI is InChI=1S/C12H17ClN2O2/c1-9(2)17-12-4-3-10(7-11(12)13)8-15-14-5-6-16/h3-4,7-9,14,16H,5-6H2,1-2H3. The molecule has 0 saturated heterocycles. The van der Waals surface area contributed by atoms with Gasteiger partial charge in [-0.25, -0.2) is 0 Å². The van der Waals surface area contributed by atoms with Gasteiger partial charge in [0.05, 0.1) is 30.5 Å². The number of nitrogens with one attached hydrogen (secondary N) is 1. The van der Waals surface area contributed by atoms with Gasteiger partial charge in [0.1, 0.15) is 5.75 Å². The predicted molar refractivity (Wildman–Crippen MR) is 69.9 cm³/mol. The third-order valence-electron chi connectivity index (χ3n) is 1.85. The highest BCUT2D eigenvalue weighted by molar-refractivity contribution is 6.32. The van der Waals surface area contributed by atoms with Crippen molar-refractivity contribution in [3.05, 3.63) is 28.8 Å². The zero-order valence-corrected chi connectivity index (χ0v) is 10.7. The molecular formula is C12H17ClN2O2. The second-order valence-corrected chi connectivity index (χ2v) is 4.15. The van der Waals surface area contributed by atoms with E-state index in [4.69, 9.17) is 21.4 Å². The molecule has 0 atom stereocenters. The van der Waals surface area contributed by atoms with Crippen LogP contribution in [0.15, 0.2) is 23.3 Å². The maximum atomic E-state index is 8.55. The highest BCUT2D eigenvalue weighted by Gasteiger charge is 2.03. The van der Waals surface area contributed by atoms with Crippen molar-refractivity contribution in [3.63, 3.8) is 0 Å². The summed E-state index contributed by atoms with van der Waals surface area (Å²) in [5.74, 6) is 0.669. The molecule has 94 valence electrons. The van der Waals surface area contributed by atoms with Gasteiger partial charge in [-0.15, -0.1) is 0 Å². The van der Waals surface area contributed by atoms with Crippen LogP contribution in [0.2, 0.25) is 5.02 Å². The molecule has 0 radical (unpaired) electrons. The van der Waals surface area contributed by atoms with Crippen LogP contribution in [-0.4, -0.2) is 30.6 Å². The number of rotatable bonds is 6. The first-order valence-electron chi connectivity index (χ1n) is 5.46. The van der Waals surface area contributed by atoms with Crippen LogP contribution in [0.1, 0.15) is 19.4 Å². The minimum atomic E-state index is 0.0548. The molecule has 1 aromatic carbocycles. The molecule has 1 rings (SSSR count). The summed E-state index contributed by atoms with van der Waals surface area (Å²) in [5, 5.41) is 13.0. The molecule has 0 spiro atoms. The van der Waals surface area contributed by atoms with Crippen LogP contribution < -0.4 is 10.2 Å². The van der Waals surface area contributed by atoms with E-state index >= 15 is 0 Å². The largest absolute Gasteiger partial charge is 0.489 e. The summed E-state index contributed by atoms with van der Waals surface area (Å²) in [7, 11) is 0. The molecule has 1 aromatic rings. The molecule has 0 aliphatic heterocycles. The molecule has 0 fully saturated rings. The molecule has 5 heteroatoms. The number of hydrazone groups is 1. The van der Waals surface area contributed by atoms with E-state index in [0.29, 0.717) is 17.3 Å². The SMILES string of the molecule is CC(C)Oc1ccc(C=NNCCO)cc1Cl. The van der Waals surface area contributed by atoms with Gasteiger partial charge < -0.3 is 15.3 Å². The lowest BCUT2D eigenvalue weighted by Gasteiger charge is -2.11. The molecule has 2 N–H and O–H groups in total. The minimum absolute atomic E-state index is 0.0548. The number of hydrogen-bond donors (Lipinski definition) is 2. The summed E-state index contributed by atoms with van der Waals surface area (Å²) in [5.41, 5.74) is 3.57. The van der Waals surface area contributed by atoms with Crippen molar-refractivity contribution < 1.29 is 9.84 Å². The molecule has 0 aliphatic rings. The maximum Gasteiger partial charge on any atom is 0.138 e. The number of benzene rings is 1. The number of ether oxygens (including phenoxy) is 1. The quantitative estimate of drug-likeness (QED) is 0.465. The first-order valence-corrected chi connectivity index (χ1v) is 5.84. The molecule has 17 heavy (non-hydrogen) atoms. The van der Waals surface area contributed by atoms with E-state index in [9.17, 15) is 0 Å². The normalized spacial score (nSPS) is 11.1. The van der Waals surface area contributed by atoms with Crippen molar-refractivity contribution in [2.45, 2.75) is 20.0 Å². The molecule has 0 heterocycles. The van der Waals surface area contributed by atoms with Crippen molar-refractivity contribution in [3.8, 4) is 5.75 Å². The van der Waals surface area contributed by atoms with E-state index in [0.717, 1.165) is 5.56 Å². The van der Waals surface area contributed by atoms with E-state index in [1.165, 1.54) is 0 Å². The number of nitrogens with zero attached hydrogens (tertiary/aromatic N) is 1. The third-order valence-corrected chi connectivity index (χ3v) is 2.14. The fraction of sp³-hybridized carbons (Fsp3) is 0.417. The van der Waals surface area contributed by atoms with E-state index in [1.54, 1.807) is 12.3 Å². The molecule has 4 nitrogen and oxygen atoms in total.